The molecule has 0 aliphatic carbocycles. The van der Waals surface area contributed by atoms with Gasteiger partial charge >= 0.3 is 0 Å². The normalized spacial score (nSPS) is 17.8. The fourth-order valence-electron chi connectivity index (χ4n) is 3.68. The molecule has 1 fully saturated rings. The third-order valence-corrected chi connectivity index (χ3v) is 5.40. The maximum absolute atomic E-state index is 4.44. The van der Waals surface area contributed by atoms with Gasteiger partial charge in [0.2, 0.25) is 0 Å². The van der Waals surface area contributed by atoms with Gasteiger partial charge in [-0.3, -0.25) is 4.99 Å². The van der Waals surface area contributed by atoms with Gasteiger partial charge in [0.1, 0.15) is 0 Å². The van der Waals surface area contributed by atoms with Crippen molar-refractivity contribution < 1.29 is 0 Å². The molecule has 0 saturated carbocycles. The smallest absolute Gasteiger partial charge is 0.191 e. The molecule has 4 nitrogen and oxygen atoms in total. The van der Waals surface area contributed by atoms with Crippen molar-refractivity contribution in [3.05, 3.63) is 35.4 Å². The third kappa shape index (κ3) is 5.46. The average Bonchev–Trinajstić information content (AvgIpc) is 2.59. The van der Waals surface area contributed by atoms with E-state index in [1.807, 2.05) is 7.05 Å². The molecule has 0 bridgehead atoms. The Hall–Kier alpha value is -1.55. The molecule has 1 heterocycles. The molecule has 1 aromatic rings. The van der Waals surface area contributed by atoms with Crippen LogP contribution in [0.15, 0.2) is 29.3 Å². The quantitative estimate of drug-likeness (QED) is 0.636. The van der Waals surface area contributed by atoms with E-state index in [9.17, 15) is 0 Å². The van der Waals surface area contributed by atoms with Gasteiger partial charge in [-0.2, -0.15) is 0 Å². The summed E-state index contributed by atoms with van der Waals surface area (Å²) < 4.78 is 0. The number of hydrogen-bond donors (Lipinski definition) is 2. The molecule has 25 heavy (non-hydrogen) atoms. The van der Waals surface area contributed by atoms with Crippen LogP contribution < -0.4 is 10.6 Å². The molecule has 1 aromatic carbocycles. The highest BCUT2D eigenvalue weighted by Gasteiger charge is 2.24. The highest BCUT2D eigenvalue weighted by Crippen LogP contribution is 2.25. The zero-order valence-electron chi connectivity index (χ0n) is 16.9. The van der Waals surface area contributed by atoms with Crippen molar-refractivity contribution in [2.75, 3.05) is 26.7 Å². The molecule has 0 amide bonds. The number of nitrogens with one attached hydrogen (secondary N) is 2. The lowest BCUT2D eigenvalue weighted by atomic mass is 9.82. The monoisotopic (exact) mass is 344 g/mol. The van der Waals surface area contributed by atoms with Gasteiger partial charge in [-0.15, -0.1) is 0 Å². The lowest BCUT2D eigenvalue weighted by Gasteiger charge is -2.36. The summed E-state index contributed by atoms with van der Waals surface area (Å²) in [6, 6.07) is 9.81. The number of aryl methyl sites for hydroxylation is 1. The highest BCUT2D eigenvalue weighted by molar-refractivity contribution is 5.80. The number of aliphatic imine (C=N–C) groups is 1. The minimum Gasteiger partial charge on any atom is -0.356 e. The standard InChI is InChI=1S/C21H36N4/c1-16(2)25-13-11-18(12-14-25)24-20(22-6)23-15-21(4,5)19-10-8-7-9-17(19)3/h7-10,16,18H,11-15H2,1-6H3,(H2,22,23,24). The van der Waals surface area contributed by atoms with E-state index in [0.717, 1.165) is 12.5 Å². The number of benzene rings is 1. The van der Waals surface area contributed by atoms with Crippen molar-refractivity contribution in [3.8, 4) is 0 Å². The van der Waals surface area contributed by atoms with Gasteiger partial charge in [0.05, 0.1) is 0 Å². The van der Waals surface area contributed by atoms with Crippen molar-refractivity contribution >= 4 is 5.96 Å². The van der Waals surface area contributed by atoms with E-state index in [4.69, 9.17) is 0 Å². The molecular formula is C21H36N4. The minimum absolute atomic E-state index is 0.0595. The number of hydrogen-bond acceptors (Lipinski definition) is 2. The molecule has 0 aromatic heterocycles. The number of guanidine groups is 1. The van der Waals surface area contributed by atoms with Gasteiger partial charge in [-0.05, 0) is 44.7 Å². The molecule has 0 atom stereocenters. The summed E-state index contributed by atoms with van der Waals surface area (Å²) in [6.45, 7) is 14.5. The molecule has 2 N–H and O–H groups in total. The zero-order valence-corrected chi connectivity index (χ0v) is 16.9. The van der Waals surface area contributed by atoms with Gasteiger partial charge in [-0.1, -0.05) is 38.1 Å². The van der Waals surface area contributed by atoms with Crippen LogP contribution in [0.1, 0.15) is 51.7 Å². The molecule has 140 valence electrons. The van der Waals surface area contributed by atoms with Crippen LogP contribution in [0.2, 0.25) is 0 Å². The molecule has 4 heteroatoms. The number of nitrogens with zero attached hydrogens (tertiary/aromatic N) is 2. The summed E-state index contributed by atoms with van der Waals surface area (Å²) in [5, 5.41) is 7.16. The van der Waals surface area contributed by atoms with E-state index in [2.05, 4.69) is 79.4 Å². The van der Waals surface area contributed by atoms with E-state index >= 15 is 0 Å². The Morgan fingerprint density at radius 3 is 2.44 bits per heavy atom. The Morgan fingerprint density at radius 2 is 1.88 bits per heavy atom. The van der Waals surface area contributed by atoms with Crippen LogP contribution >= 0.6 is 0 Å². The minimum atomic E-state index is 0.0595. The first-order chi connectivity index (χ1) is 11.8. The maximum Gasteiger partial charge on any atom is 0.191 e. The molecule has 2 rings (SSSR count). The summed E-state index contributed by atoms with van der Waals surface area (Å²) in [4.78, 5) is 6.99. The number of rotatable bonds is 5. The van der Waals surface area contributed by atoms with Crippen LogP contribution in [-0.2, 0) is 5.41 Å². The maximum atomic E-state index is 4.44. The average molecular weight is 345 g/mol. The van der Waals surface area contributed by atoms with Crippen molar-refractivity contribution in [1.29, 1.82) is 0 Å². The summed E-state index contributed by atoms with van der Waals surface area (Å²) in [5.74, 6) is 0.921. The molecule has 0 unspecified atom stereocenters. The molecule has 1 aliphatic rings. The fourth-order valence-corrected chi connectivity index (χ4v) is 3.68. The van der Waals surface area contributed by atoms with Gasteiger partial charge in [-0.25, -0.2) is 0 Å². The van der Waals surface area contributed by atoms with Crippen molar-refractivity contribution in [1.82, 2.24) is 15.5 Å². The lowest BCUT2D eigenvalue weighted by Crippen LogP contribution is -2.51. The topological polar surface area (TPSA) is 39.7 Å². The molecule has 1 aliphatic heterocycles. The van der Waals surface area contributed by atoms with E-state index < -0.39 is 0 Å². The highest BCUT2D eigenvalue weighted by atomic mass is 15.2. The first kappa shape index (κ1) is 19.8. The largest absolute Gasteiger partial charge is 0.356 e. The Balaban J connectivity index is 1.87. The van der Waals surface area contributed by atoms with Crippen LogP contribution in [0.5, 0.6) is 0 Å². The predicted molar refractivity (Wildman–Crippen MR) is 108 cm³/mol. The van der Waals surface area contributed by atoms with Gasteiger partial charge in [0, 0.05) is 44.2 Å². The van der Waals surface area contributed by atoms with Gasteiger partial charge in [0.15, 0.2) is 5.96 Å². The van der Waals surface area contributed by atoms with Gasteiger partial charge in [0.25, 0.3) is 0 Å². The third-order valence-electron chi connectivity index (χ3n) is 5.40. The van der Waals surface area contributed by atoms with Crippen LogP contribution in [0.3, 0.4) is 0 Å². The number of piperidine rings is 1. The van der Waals surface area contributed by atoms with Gasteiger partial charge < -0.3 is 15.5 Å². The van der Waals surface area contributed by atoms with Crippen molar-refractivity contribution in [2.24, 2.45) is 4.99 Å². The van der Waals surface area contributed by atoms with Crippen molar-refractivity contribution in [3.63, 3.8) is 0 Å². The Kier molecular flexibility index (Phi) is 6.88. The summed E-state index contributed by atoms with van der Waals surface area (Å²) in [5.41, 5.74) is 2.80. The number of likely N-dealkylation sites (tertiary alicyclic amines) is 1. The van der Waals surface area contributed by atoms with E-state index in [0.29, 0.717) is 12.1 Å². The predicted octanol–water partition coefficient (Wildman–Crippen LogP) is 3.31. The van der Waals surface area contributed by atoms with Crippen LogP contribution in [0.4, 0.5) is 0 Å². The fraction of sp³-hybridized carbons (Fsp3) is 0.667. The van der Waals surface area contributed by atoms with E-state index in [-0.39, 0.29) is 5.41 Å². The van der Waals surface area contributed by atoms with Crippen molar-refractivity contribution in [2.45, 2.75) is 65.0 Å². The second kappa shape index (κ2) is 8.70. The second-order valence-corrected chi connectivity index (χ2v) is 8.17. The first-order valence-electron chi connectivity index (χ1n) is 9.61. The Bertz CT molecular complexity index is 569. The Morgan fingerprint density at radius 1 is 1.24 bits per heavy atom. The van der Waals surface area contributed by atoms with E-state index in [1.54, 1.807) is 0 Å². The molecule has 0 spiro atoms. The van der Waals surface area contributed by atoms with Crippen LogP contribution in [0, 0.1) is 6.92 Å². The van der Waals surface area contributed by atoms with E-state index in [1.165, 1.54) is 37.1 Å². The Labute approximate surface area is 154 Å². The first-order valence-corrected chi connectivity index (χ1v) is 9.61. The summed E-state index contributed by atoms with van der Waals surface area (Å²) in [6.07, 6.45) is 2.36. The lowest BCUT2D eigenvalue weighted by molar-refractivity contribution is 0.167. The zero-order chi connectivity index (χ0) is 18.4. The van der Waals surface area contributed by atoms with Crippen LogP contribution in [0.25, 0.3) is 0 Å². The molecule has 0 radical (unpaired) electrons. The summed E-state index contributed by atoms with van der Waals surface area (Å²) >= 11 is 0. The molecule has 1 saturated heterocycles. The van der Waals surface area contributed by atoms with Crippen LogP contribution in [-0.4, -0.2) is 49.6 Å². The molecular weight excluding hydrogens is 308 g/mol. The SMILES string of the molecule is CN=C(NCC(C)(C)c1ccccc1C)NC1CCN(C(C)C)CC1. The second-order valence-electron chi connectivity index (χ2n) is 8.17. The summed E-state index contributed by atoms with van der Waals surface area (Å²) in [7, 11) is 1.86.